The third-order valence-electron chi connectivity index (χ3n) is 3.06. The summed E-state index contributed by atoms with van der Waals surface area (Å²) in [5.74, 6) is 1.48. The van der Waals surface area contributed by atoms with Crippen LogP contribution in [0.15, 0.2) is 53.1 Å². The van der Waals surface area contributed by atoms with Crippen molar-refractivity contribution in [2.24, 2.45) is 0 Å². The molecule has 0 aliphatic carbocycles. The van der Waals surface area contributed by atoms with Crippen LogP contribution in [0.5, 0.6) is 11.5 Å². The third kappa shape index (κ3) is 2.47. The molecule has 2 N–H and O–H groups in total. The van der Waals surface area contributed by atoms with Crippen LogP contribution in [0.25, 0.3) is 10.9 Å². The predicted octanol–water partition coefficient (Wildman–Crippen LogP) is 4.68. The molecule has 0 spiro atoms. The van der Waals surface area contributed by atoms with Crippen molar-refractivity contribution in [2.75, 3.05) is 5.73 Å². The number of pyridine rings is 1. The van der Waals surface area contributed by atoms with Gasteiger partial charge in [0.15, 0.2) is 5.75 Å². The first-order chi connectivity index (χ1) is 9.63. The maximum atomic E-state index is 5.99. The van der Waals surface area contributed by atoms with Crippen LogP contribution in [0.3, 0.4) is 0 Å². The molecule has 0 radical (unpaired) electrons. The van der Waals surface area contributed by atoms with Crippen LogP contribution in [0, 0.1) is 6.92 Å². The number of halogens is 1. The Morgan fingerprint density at radius 3 is 2.60 bits per heavy atom. The third-order valence-corrected chi connectivity index (χ3v) is 3.50. The van der Waals surface area contributed by atoms with E-state index in [1.165, 1.54) is 5.56 Å². The lowest BCUT2D eigenvalue weighted by Crippen LogP contribution is -1.93. The average molecular weight is 329 g/mol. The number of aryl methyl sites for hydroxylation is 1. The van der Waals surface area contributed by atoms with Crippen molar-refractivity contribution in [3.05, 3.63) is 58.7 Å². The summed E-state index contributed by atoms with van der Waals surface area (Å²) in [6.45, 7) is 2.04. The molecule has 0 saturated heterocycles. The molecule has 0 unspecified atom stereocenters. The van der Waals surface area contributed by atoms with Crippen molar-refractivity contribution in [1.82, 2.24) is 4.98 Å². The minimum Gasteiger partial charge on any atom is -0.455 e. The monoisotopic (exact) mass is 328 g/mol. The van der Waals surface area contributed by atoms with Gasteiger partial charge >= 0.3 is 0 Å². The van der Waals surface area contributed by atoms with Crippen LogP contribution in [0.1, 0.15) is 5.56 Å². The van der Waals surface area contributed by atoms with E-state index in [4.69, 9.17) is 10.5 Å². The fourth-order valence-corrected chi connectivity index (χ4v) is 2.34. The number of benzene rings is 2. The summed E-state index contributed by atoms with van der Waals surface area (Å²) >= 11 is 3.41. The quantitative estimate of drug-likeness (QED) is 0.695. The highest BCUT2D eigenvalue weighted by atomic mass is 79.9. The van der Waals surface area contributed by atoms with E-state index in [1.807, 2.05) is 49.4 Å². The molecule has 0 saturated carbocycles. The number of hydrogen-bond donors (Lipinski definition) is 1. The maximum absolute atomic E-state index is 5.99. The van der Waals surface area contributed by atoms with E-state index in [1.54, 1.807) is 6.20 Å². The second-order valence-corrected chi connectivity index (χ2v) is 5.53. The number of nitrogen functional groups attached to an aromatic ring is 1. The number of aromatic nitrogens is 1. The molecule has 1 heterocycles. The average Bonchev–Trinajstić information content (AvgIpc) is 2.44. The lowest BCUT2D eigenvalue weighted by molar-refractivity contribution is 0.487. The van der Waals surface area contributed by atoms with Crippen molar-refractivity contribution in [3.63, 3.8) is 0 Å². The summed E-state index contributed by atoms with van der Waals surface area (Å²) in [5, 5.41) is 0.879. The summed E-state index contributed by atoms with van der Waals surface area (Å²) in [5.41, 5.74) is 8.63. The number of nitrogens with two attached hydrogens (primary N) is 1. The molecule has 0 bridgehead atoms. The molecule has 3 nitrogen and oxygen atoms in total. The molecule has 0 fully saturated rings. The molecule has 0 amide bonds. The Morgan fingerprint density at radius 2 is 1.85 bits per heavy atom. The first kappa shape index (κ1) is 12.9. The standard InChI is InChI=1S/C16H13BrN2O/c1-10-2-4-12(5-3-10)20-15-7-6-14(18)13-8-11(17)9-19-16(13)15/h2-9H,18H2,1H3. The van der Waals surface area contributed by atoms with E-state index in [-0.39, 0.29) is 0 Å². The number of ether oxygens (including phenoxy) is 1. The highest BCUT2D eigenvalue weighted by Gasteiger charge is 2.08. The van der Waals surface area contributed by atoms with E-state index < -0.39 is 0 Å². The normalized spacial score (nSPS) is 10.7. The van der Waals surface area contributed by atoms with Gasteiger partial charge in [0.05, 0.1) is 0 Å². The fraction of sp³-hybridized carbons (Fsp3) is 0.0625. The van der Waals surface area contributed by atoms with Crippen LogP contribution >= 0.6 is 15.9 Å². The Bertz CT molecular complexity index is 769. The lowest BCUT2D eigenvalue weighted by Gasteiger charge is -2.10. The molecule has 2 aromatic carbocycles. The van der Waals surface area contributed by atoms with Gasteiger partial charge in [-0.05, 0) is 53.2 Å². The zero-order chi connectivity index (χ0) is 14.1. The second-order valence-electron chi connectivity index (χ2n) is 4.62. The topological polar surface area (TPSA) is 48.1 Å². The number of rotatable bonds is 2. The van der Waals surface area contributed by atoms with Gasteiger partial charge < -0.3 is 10.5 Å². The maximum Gasteiger partial charge on any atom is 0.153 e. The SMILES string of the molecule is Cc1ccc(Oc2ccc(N)c3cc(Br)cnc23)cc1. The Morgan fingerprint density at radius 1 is 1.10 bits per heavy atom. The Kier molecular flexibility index (Phi) is 3.32. The van der Waals surface area contributed by atoms with Gasteiger partial charge in [-0.15, -0.1) is 0 Å². The van der Waals surface area contributed by atoms with Gasteiger partial charge in [-0.25, -0.2) is 0 Å². The zero-order valence-electron chi connectivity index (χ0n) is 10.9. The van der Waals surface area contributed by atoms with E-state index in [9.17, 15) is 0 Å². The summed E-state index contributed by atoms with van der Waals surface area (Å²) in [6.07, 6.45) is 1.74. The first-order valence-corrected chi connectivity index (χ1v) is 7.01. The number of fused-ring (bicyclic) bond motifs is 1. The zero-order valence-corrected chi connectivity index (χ0v) is 12.5. The van der Waals surface area contributed by atoms with Crippen molar-refractivity contribution in [3.8, 4) is 11.5 Å². The molecule has 0 atom stereocenters. The first-order valence-electron chi connectivity index (χ1n) is 6.22. The van der Waals surface area contributed by atoms with E-state index in [0.717, 1.165) is 21.1 Å². The van der Waals surface area contributed by atoms with Crippen molar-refractivity contribution >= 4 is 32.5 Å². The van der Waals surface area contributed by atoms with Crippen molar-refractivity contribution < 1.29 is 4.74 Å². The Labute approximate surface area is 125 Å². The van der Waals surface area contributed by atoms with Gasteiger partial charge in [0, 0.05) is 21.7 Å². The number of anilines is 1. The highest BCUT2D eigenvalue weighted by Crippen LogP contribution is 2.33. The minimum atomic E-state index is 0.685. The van der Waals surface area contributed by atoms with Crippen LogP contribution < -0.4 is 10.5 Å². The van der Waals surface area contributed by atoms with Gasteiger partial charge in [-0.3, -0.25) is 4.98 Å². The molecular weight excluding hydrogens is 316 g/mol. The largest absolute Gasteiger partial charge is 0.455 e. The van der Waals surface area contributed by atoms with E-state index >= 15 is 0 Å². The van der Waals surface area contributed by atoms with Crippen LogP contribution in [-0.4, -0.2) is 4.98 Å². The minimum absolute atomic E-state index is 0.685. The molecule has 3 aromatic rings. The van der Waals surface area contributed by atoms with Gasteiger partial charge in [0.2, 0.25) is 0 Å². The molecule has 0 aliphatic heterocycles. The molecule has 0 aliphatic rings. The van der Waals surface area contributed by atoms with Crippen molar-refractivity contribution in [1.29, 1.82) is 0 Å². The fourth-order valence-electron chi connectivity index (χ4n) is 2.01. The van der Waals surface area contributed by atoms with Gasteiger partial charge in [0.1, 0.15) is 11.3 Å². The summed E-state index contributed by atoms with van der Waals surface area (Å²) < 4.78 is 6.80. The van der Waals surface area contributed by atoms with Crippen LogP contribution in [-0.2, 0) is 0 Å². The van der Waals surface area contributed by atoms with Crippen LogP contribution in [0.4, 0.5) is 5.69 Å². The molecular formula is C16H13BrN2O. The lowest BCUT2D eigenvalue weighted by atomic mass is 10.1. The smallest absolute Gasteiger partial charge is 0.153 e. The summed E-state index contributed by atoms with van der Waals surface area (Å²) in [7, 11) is 0. The van der Waals surface area contributed by atoms with Gasteiger partial charge in [-0.1, -0.05) is 17.7 Å². The van der Waals surface area contributed by atoms with E-state index in [0.29, 0.717) is 11.4 Å². The van der Waals surface area contributed by atoms with E-state index in [2.05, 4.69) is 20.9 Å². The molecule has 3 rings (SSSR count). The predicted molar refractivity (Wildman–Crippen MR) is 85.1 cm³/mol. The second kappa shape index (κ2) is 5.13. The molecule has 4 heteroatoms. The highest BCUT2D eigenvalue weighted by molar-refractivity contribution is 9.10. The van der Waals surface area contributed by atoms with Crippen LogP contribution in [0.2, 0.25) is 0 Å². The molecule has 20 heavy (non-hydrogen) atoms. The Hall–Kier alpha value is -2.07. The molecule has 1 aromatic heterocycles. The molecule has 100 valence electrons. The summed E-state index contributed by atoms with van der Waals surface area (Å²) in [4.78, 5) is 4.40. The number of hydrogen-bond acceptors (Lipinski definition) is 3. The van der Waals surface area contributed by atoms with Gasteiger partial charge in [0.25, 0.3) is 0 Å². The summed E-state index contributed by atoms with van der Waals surface area (Å²) in [6, 6.07) is 13.5. The van der Waals surface area contributed by atoms with Crippen molar-refractivity contribution in [2.45, 2.75) is 6.92 Å². The van der Waals surface area contributed by atoms with Gasteiger partial charge in [-0.2, -0.15) is 0 Å². The Balaban J connectivity index is 2.08. The number of nitrogens with zero attached hydrogens (tertiary/aromatic N) is 1.